The van der Waals surface area contributed by atoms with Crippen molar-refractivity contribution in [1.29, 1.82) is 0 Å². The third-order valence-corrected chi connectivity index (χ3v) is 3.81. The maximum Gasteiger partial charge on any atom is 0.266 e. The monoisotopic (exact) mass is 319 g/mol. The van der Waals surface area contributed by atoms with Gasteiger partial charge in [0.2, 0.25) is 5.13 Å². The Kier molecular flexibility index (Phi) is 5.49. The summed E-state index contributed by atoms with van der Waals surface area (Å²) in [5.74, 6) is 0.967. The molecule has 0 radical (unpaired) electrons. The fourth-order valence-corrected chi connectivity index (χ4v) is 2.84. The van der Waals surface area contributed by atoms with Gasteiger partial charge in [-0.25, -0.2) is 0 Å². The number of ether oxygens (including phenoxy) is 1. The largest absolute Gasteiger partial charge is 0.481 e. The Morgan fingerprint density at radius 3 is 2.77 bits per heavy atom. The molecule has 118 valence electrons. The van der Waals surface area contributed by atoms with Crippen LogP contribution in [0.4, 0.5) is 5.13 Å². The molecule has 1 aromatic heterocycles. The highest BCUT2D eigenvalue weighted by molar-refractivity contribution is 7.15. The number of hydrogen-bond donors (Lipinski definition) is 1. The second-order valence-corrected chi connectivity index (χ2v) is 6.73. The number of carbonyl (C=O) groups excluding carboxylic acids is 1. The van der Waals surface area contributed by atoms with Gasteiger partial charge in [0.15, 0.2) is 6.10 Å². The molecule has 0 aliphatic carbocycles. The van der Waals surface area contributed by atoms with E-state index in [1.54, 1.807) is 6.92 Å². The number of carbonyl (C=O) groups is 1. The van der Waals surface area contributed by atoms with E-state index in [0.29, 0.717) is 16.8 Å². The molecule has 0 saturated heterocycles. The molecule has 2 rings (SSSR count). The van der Waals surface area contributed by atoms with E-state index in [9.17, 15) is 4.79 Å². The Morgan fingerprint density at radius 1 is 1.32 bits per heavy atom. The van der Waals surface area contributed by atoms with Gasteiger partial charge in [-0.1, -0.05) is 37.3 Å². The van der Waals surface area contributed by atoms with Crippen LogP contribution in [0.15, 0.2) is 24.3 Å². The molecule has 0 saturated carbocycles. The summed E-state index contributed by atoms with van der Waals surface area (Å²) < 4.78 is 5.64. The lowest BCUT2D eigenvalue weighted by Gasteiger charge is -2.13. The molecule has 1 unspecified atom stereocenters. The highest BCUT2D eigenvalue weighted by Gasteiger charge is 2.17. The van der Waals surface area contributed by atoms with Crippen LogP contribution in [0.25, 0.3) is 0 Å². The van der Waals surface area contributed by atoms with Crippen LogP contribution in [0.3, 0.4) is 0 Å². The third kappa shape index (κ3) is 4.80. The zero-order chi connectivity index (χ0) is 16.1. The molecule has 6 heteroatoms. The van der Waals surface area contributed by atoms with Crippen molar-refractivity contribution in [2.45, 2.75) is 40.2 Å². The van der Waals surface area contributed by atoms with Crippen LogP contribution in [-0.4, -0.2) is 22.2 Å². The standard InChI is InChI=1S/C16H21N3O2S/c1-10(2)8-14-18-19-16(22-14)17-15(20)12(4)21-13-7-5-6-11(3)9-13/h5-7,9-10,12H,8H2,1-4H3,(H,17,19,20). The van der Waals surface area contributed by atoms with Crippen molar-refractivity contribution in [1.82, 2.24) is 10.2 Å². The van der Waals surface area contributed by atoms with E-state index in [-0.39, 0.29) is 5.91 Å². The normalized spacial score (nSPS) is 12.2. The zero-order valence-electron chi connectivity index (χ0n) is 13.3. The summed E-state index contributed by atoms with van der Waals surface area (Å²) in [4.78, 5) is 12.1. The summed E-state index contributed by atoms with van der Waals surface area (Å²) in [5, 5.41) is 12.3. The van der Waals surface area contributed by atoms with Crippen molar-refractivity contribution in [3.8, 4) is 5.75 Å². The fourth-order valence-electron chi connectivity index (χ4n) is 1.89. The van der Waals surface area contributed by atoms with Gasteiger partial charge in [0.1, 0.15) is 10.8 Å². The van der Waals surface area contributed by atoms with Gasteiger partial charge in [-0.05, 0) is 37.5 Å². The Hall–Kier alpha value is -1.95. The molecule has 0 bridgehead atoms. The van der Waals surface area contributed by atoms with Crippen molar-refractivity contribution in [3.05, 3.63) is 34.8 Å². The summed E-state index contributed by atoms with van der Waals surface area (Å²) in [6.45, 7) is 7.94. The number of aryl methyl sites for hydroxylation is 1. The molecule has 1 atom stereocenters. The minimum Gasteiger partial charge on any atom is -0.481 e. The van der Waals surface area contributed by atoms with Crippen LogP contribution < -0.4 is 10.1 Å². The predicted molar refractivity (Wildman–Crippen MR) is 88.3 cm³/mol. The number of benzene rings is 1. The molecule has 0 aliphatic rings. The van der Waals surface area contributed by atoms with Gasteiger partial charge < -0.3 is 4.74 Å². The predicted octanol–water partition coefficient (Wildman–Crippen LogP) is 3.45. The minimum atomic E-state index is -0.598. The van der Waals surface area contributed by atoms with E-state index in [1.807, 2.05) is 31.2 Å². The molecule has 1 aromatic carbocycles. The van der Waals surface area contributed by atoms with Gasteiger partial charge in [0.05, 0.1) is 0 Å². The Labute approximate surface area is 134 Å². The first-order chi connectivity index (χ1) is 10.4. The van der Waals surface area contributed by atoms with E-state index in [4.69, 9.17) is 4.74 Å². The minimum absolute atomic E-state index is 0.228. The number of anilines is 1. The molecule has 0 aliphatic heterocycles. The molecule has 2 aromatic rings. The first-order valence-electron chi connectivity index (χ1n) is 7.30. The number of nitrogens with zero attached hydrogens (tertiary/aromatic N) is 2. The molecular formula is C16H21N3O2S. The maximum atomic E-state index is 12.1. The SMILES string of the molecule is Cc1cccc(OC(C)C(=O)Nc2nnc(CC(C)C)s2)c1. The maximum absolute atomic E-state index is 12.1. The molecule has 1 heterocycles. The second kappa shape index (κ2) is 7.35. The Balaban J connectivity index is 1.92. The molecule has 1 N–H and O–H groups in total. The Morgan fingerprint density at radius 2 is 2.09 bits per heavy atom. The molecule has 0 spiro atoms. The van der Waals surface area contributed by atoms with Gasteiger partial charge in [-0.3, -0.25) is 10.1 Å². The molecule has 0 fully saturated rings. The fraction of sp³-hybridized carbons (Fsp3) is 0.438. The van der Waals surface area contributed by atoms with Crippen LogP contribution in [0, 0.1) is 12.8 Å². The lowest BCUT2D eigenvalue weighted by molar-refractivity contribution is -0.122. The van der Waals surface area contributed by atoms with E-state index in [2.05, 4.69) is 29.4 Å². The highest BCUT2D eigenvalue weighted by atomic mass is 32.1. The molecular weight excluding hydrogens is 298 g/mol. The van der Waals surface area contributed by atoms with Crippen LogP contribution in [0.5, 0.6) is 5.75 Å². The smallest absolute Gasteiger partial charge is 0.266 e. The van der Waals surface area contributed by atoms with Gasteiger partial charge in [0.25, 0.3) is 5.91 Å². The quantitative estimate of drug-likeness (QED) is 0.885. The van der Waals surface area contributed by atoms with Crippen LogP contribution in [-0.2, 0) is 11.2 Å². The van der Waals surface area contributed by atoms with Crippen molar-refractivity contribution in [2.24, 2.45) is 5.92 Å². The van der Waals surface area contributed by atoms with E-state index in [1.165, 1.54) is 11.3 Å². The molecule has 1 amide bonds. The third-order valence-electron chi connectivity index (χ3n) is 2.95. The first kappa shape index (κ1) is 16.4. The Bertz CT molecular complexity index is 640. The summed E-state index contributed by atoms with van der Waals surface area (Å²) in [6.07, 6.45) is 0.266. The molecule has 5 nitrogen and oxygen atoms in total. The highest BCUT2D eigenvalue weighted by Crippen LogP contribution is 2.19. The van der Waals surface area contributed by atoms with E-state index < -0.39 is 6.10 Å². The topological polar surface area (TPSA) is 64.1 Å². The number of aromatic nitrogens is 2. The zero-order valence-corrected chi connectivity index (χ0v) is 14.1. The average molecular weight is 319 g/mol. The number of rotatable bonds is 6. The van der Waals surface area contributed by atoms with Crippen LogP contribution in [0.2, 0.25) is 0 Å². The lowest BCUT2D eigenvalue weighted by Crippen LogP contribution is -2.30. The first-order valence-corrected chi connectivity index (χ1v) is 8.12. The van der Waals surface area contributed by atoms with E-state index in [0.717, 1.165) is 17.0 Å². The van der Waals surface area contributed by atoms with Crippen molar-refractivity contribution < 1.29 is 9.53 Å². The van der Waals surface area contributed by atoms with E-state index >= 15 is 0 Å². The average Bonchev–Trinajstić information content (AvgIpc) is 2.85. The van der Waals surface area contributed by atoms with Crippen molar-refractivity contribution in [2.75, 3.05) is 5.32 Å². The molecule has 22 heavy (non-hydrogen) atoms. The number of amides is 1. The van der Waals surface area contributed by atoms with Gasteiger partial charge in [0, 0.05) is 6.42 Å². The van der Waals surface area contributed by atoms with Crippen LogP contribution >= 0.6 is 11.3 Å². The summed E-state index contributed by atoms with van der Waals surface area (Å²) >= 11 is 1.41. The summed E-state index contributed by atoms with van der Waals surface area (Å²) in [7, 11) is 0. The summed E-state index contributed by atoms with van der Waals surface area (Å²) in [6, 6.07) is 7.62. The number of nitrogens with one attached hydrogen (secondary N) is 1. The summed E-state index contributed by atoms with van der Waals surface area (Å²) in [5.41, 5.74) is 1.09. The van der Waals surface area contributed by atoms with Crippen LogP contribution in [0.1, 0.15) is 31.3 Å². The lowest BCUT2D eigenvalue weighted by atomic mass is 10.1. The van der Waals surface area contributed by atoms with Gasteiger partial charge in [-0.2, -0.15) is 0 Å². The second-order valence-electron chi connectivity index (χ2n) is 5.66. The van der Waals surface area contributed by atoms with Gasteiger partial charge in [-0.15, -0.1) is 10.2 Å². The van der Waals surface area contributed by atoms with Gasteiger partial charge >= 0.3 is 0 Å². The van der Waals surface area contributed by atoms with Crippen molar-refractivity contribution >= 4 is 22.4 Å². The van der Waals surface area contributed by atoms with Crippen molar-refractivity contribution in [3.63, 3.8) is 0 Å². The number of hydrogen-bond acceptors (Lipinski definition) is 5.